The smallest absolute Gasteiger partial charge is 0.277 e. The number of benzene rings is 1. The number of hydrogen-bond acceptors (Lipinski definition) is 5. The van der Waals surface area contributed by atoms with Gasteiger partial charge in [-0.05, 0) is 25.0 Å². The predicted octanol–water partition coefficient (Wildman–Crippen LogP) is 2.30. The van der Waals surface area contributed by atoms with Crippen LogP contribution in [0.4, 0.5) is 0 Å². The lowest BCUT2D eigenvalue weighted by molar-refractivity contribution is 0.0956. The van der Waals surface area contributed by atoms with Crippen molar-refractivity contribution in [2.24, 2.45) is 5.84 Å². The van der Waals surface area contributed by atoms with Crippen molar-refractivity contribution in [2.45, 2.75) is 18.8 Å². The number of ether oxygens (including phenoxy) is 1. The molecule has 0 bridgehead atoms. The van der Waals surface area contributed by atoms with Gasteiger partial charge in [0.2, 0.25) is 0 Å². The molecule has 6 heteroatoms. The Morgan fingerprint density at radius 3 is 2.95 bits per heavy atom. The molecule has 3 rings (SSSR count). The number of hydrazine groups is 1. The Morgan fingerprint density at radius 2 is 2.30 bits per heavy atom. The molecule has 104 valence electrons. The fourth-order valence-corrected chi connectivity index (χ4v) is 3.12. The van der Waals surface area contributed by atoms with Crippen LogP contribution in [-0.2, 0) is 0 Å². The monoisotopic (exact) mass is 289 g/mol. The highest BCUT2D eigenvalue weighted by atomic mass is 32.1. The van der Waals surface area contributed by atoms with E-state index in [9.17, 15) is 4.79 Å². The van der Waals surface area contributed by atoms with E-state index in [0.29, 0.717) is 10.8 Å². The Balaban J connectivity index is 2.03. The van der Waals surface area contributed by atoms with Crippen LogP contribution in [0.2, 0.25) is 0 Å². The summed E-state index contributed by atoms with van der Waals surface area (Å²) in [5.41, 5.74) is 4.02. The Hall–Kier alpha value is -1.92. The molecule has 1 amide bonds. The zero-order valence-corrected chi connectivity index (χ0v) is 11.9. The molecule has 0 unspecified atom stereocenters. The summed E-state index contributed by atoms with van der Waals surface area (Å²) < 4.78 is 5.22. The molecule has 5 nitrogen and oxygen atoms in total. The second kappa shape index (κ2) is 5.22. The summed E-state index contributed by atoms with van der Waals surface area (Å²) in [6.07, 6.45) is 2.18. The Morgan fingerprint density at radius 1 is 1.50 bits per heavy atom. The van der Waals surface area contributed by atoms with Crippen molar-refractivity contribution in [3.05, 3.63) is 34.8 Å². The van der Waals surface area contributed by atoms with Gasteiger partial charge in [0.05, 0.1) is 12.8 Å². The van der Waals surface area contributed by atoms with Crippen molar-refractivity contribution in [1.82, 2.24) is 10.4 Å². The van der Waals surface area contributed by atoms with Gasteiger partial charge in [-0.2, -0.15) is 0 Å². The van der Waals surface area contributed by atoms with Gasteiger partial charge in [0.15, 0.2) is 0 Å². The first-order valence-corrected chi connectivity index (χ1v) is 7.20. The standard InChI is InChI=1S/C14H15N3O2S/c1-19-10-4-2-3-9(7-10)14-16-11(8-5-6-8)12(20-14)13(18)17-15/h2-4,7-8H,5-6,15H2,1H3,(H,17,18). The summed E-state index contributed by atoms with van der Waals surface area (Å²) >= 11 is 1.37. The highest BCUT2D eigenvalue weighted by Crippen LogP contribution is 2.44. The molecule has 0 spiro atoms. The van der Waals surface area contributed by atoms with Crippen molar-refractivity contribution in [3.8, 4) is 16.3 Å². The van der Waals surface area contributed by atoms with E-state index in [4.69, 9.17) is 10.6 Å². The van der Waals surface area contributed by atoms with Crippen LogP contribution in [0.1, 0.15) is 34.1 Å². The third-order valence-electron chi connectivity index (χ3n) is 3.27. The van der Waals surface area contributed by atoms with Gasteiger partial charge in [0.25, 0.3) is 5.91 Å². The predicted molar refractivity (Wildman–Crippen MR) is 77.7 cm³/mol. The van der Waals surface area contributed by atoms with Crippen molar-refractivity contribution in [1.29, 1.82) is 0 Å². The first-order chi connectivity index (χ1) is 9.72. The largest absolute Gasteiger partial charge is 0.497 e. The lowest BCUT2D eigenvalue weighted by Gasteiger charge is -2.01. The number of carbonyl (C=O) groups excluding carboxylic acids is 1. The molecule has 0 atom stereocenters. The average molecular weight is 289 g/mol. The van der Waals surface area contributed by atoms with E-state index in [2.05, 4.69) is 10.4 Å². The number of rotatable bonds is 4. The highest BCUT2D eigenvalue weighted by molar-refractivity contribution is 7.17. The number of carbonyl (C=O) groups is 1. The van der Waals surface area contributed by atoms with E-state index in [-0.39, 0.29) is 5.91 Å². The molecule has 1 heterocycles. The topological polar surface area (TPSA) is 77.2 Å². The third-order valence-corrected chi connectivity index (χ3v) is 4.39. The number of aromatic nitrogens is 1. The Kier molecular flexibility index (Phi) is 3.42. The number of thiazole rings is 1. The van der Waals surface area contributed by atoms with E-state index in [1.165, 1.54) is 11.3 Å². The molecule has 0 radical (unpaired) electrons. The molecule has 1 fully saturated rings. The summed E-state index contributed by atoms with van der Waals surface area (Å²) in [5, 5.41) is 0.824. The molecule has 0 aliphatic heterocycles. The zero-order chi connectivity index (χ0) is 14.1. The molecular weight excluding hydrogens is 274 g/mol. The maximum Gasteiger partial charge on any atom is 0.277 e. The molecule has 3 N–H and O–H groups in total. The lowest BCUT2D eigenvalue weighted by atomic mass is 10.2. The number of nitrogens with two attached hydrogens (primary N) is 1. The number of nitrogens with one attached hydrogen (secondary N) is 1. The maximum absolute atomic E-state index is 11.8. The maximum atomic E-state index is 11.8. The summed E-state index contributed by atoms with van der Waals surface area (Å²) in [7, 11) is 1.63. The molecule has 1 saturated carbocycles. The summed E-state index contributed by atoms with van der Waals surface area (Å²) in [6.45, 7) is 0. The van der Waals surface area contributed by atoms with Crippen molar-refractivity contribution < 1.29 is 9.53 Å². The fourth-order valence-electron chi connectivity index (χ4n) is 2.07. The quantitative estimate of drug-likeness (QED) is 0.514. The molecule has 1 aliphatic rings. The minimum atomic E-state index is -0.265. The zero-order valence-electron chi connectivity index (χ0n) is 11.1. The number of methoxy groups -OCH3 is 1. The number of amides is 1. The number of nitrogens with zero attached hydrogens (tertiary/aromatic N) is 1. The minimum Gasteiger partial charge on any atom is -0.497 e. The van der Waals surface area contributed by atoms with Gasteiger partial charge < -0.3 is 4.74 Å². The van der Waals surface area contributed by atoms with E-state index >= 15 is 0 Å². The van der Waals surface area contributed by atoms with E-state index < -0.39 is 0 Å². The van der Waals surface area contributed by atoms with Crippen LogP contribution < -0.4 is 16.0 Å². The van der Waals surface area contributed by atoms with Crippen molar-refractivity contribution >= 4 is 17.2 Å². The van der Waals surface area contributed by atoms with Gasteiger partial charge in [-0.3, -0.25) is 10.2 Å². The van der Waals surface area contributed by atoms with Gasteiger partial charge in [0, 0.05) is 11.5 Å². The van der Waals surface area contributed by atoms with Crippen LogP contribution in [0.3, 0.4) is 0 Å². The lowest BCUT2D eigenvalue weighted by Crippen LogP contribution is -2.29. The van der Waals surface area contributed by atoms with E-state index in [1.807, 2.05) is 24.3 Å². The van der Waals surface area contributed by atoms with Crippen LogP contribution in [0.5, 0.6) is 5.75 Å². The number of hydrogen-bond donors (Lipinski definition) is 2. The SMILES string of the molecule is COc1cccc(-c2nc(C3CC3)c(C(=O)NN)s2)c1. The van der Waals surface area contributed by atoms with Gasteiger partial charge >= 0.3 is 0 Å². The minimum absolute atomic E-state index is 0.265. The number of nitrogen functional groups attached to an aromatic ring is 1. The van der Waals surface area contributed by atoms with Gasteiger partial charge in [-0.25, -0.2) is 10.8 Å². The molecule has 0 saturated heterocycles. The van der Waals surface area contributed by atoms with Crippen molar-refractivity contribution in [2.75, 3.05) is 7.11 Å². The summed E-state index contributed by atoms with van der Waals surface area (Å²) in [4.78, 5) is 17.1. The van der Waals surface area contributed by atoms with Crippen LogP contribution in [0.15, 0.2) is 24.3 Å². The van der Waals surface area contributed by atoms with Crippen molar-refractivity contribution in [3.63, 3.8) is 0 Å². The van der Waals surface area contributed by atoms with Gasteiger partial charge in [0.1, 0.15) is 15.6 Å². The van der Waals surface area contributed by atoms with Crippen LogP contribution in [-0.4, -0.2) is 18.0 Å². The second-order valence-corrected chi connectivity index (χ2v) is 5.71. The highest BCUT2D eigenvalue weighted by Gasteiger charge is 2.32. The first kappa shape index (κ1) is 13.1. The average Bonchev–Trinajstić information content (AvgIpc) is 3.25. The van der Waals surface area contributed by atoms with Crippen LogP contribution in [0.25, 0.3) is 10.6 Å². The van der Waals surface area contributed by atoms with Gasteiger partial charge in [-0.1, -0.05) is 12.1 Å². The summed E-state index contributed by atoms with van der Waals surface area (Å²) in [6, 6.07) is 7.67. The van der Waals surface area contributed by atoms with Crippen LogP contribution >= 0.6 is 11.3 Å². The molecule has 2 aromatic rings. The van der Waals surface area contributed by atoms with E-state index in [1.54, 1.807) is 7.11 Å². The Bertz CT molecular complexity index is 650. The Labute approximate surface area is 120 Å². The summed E-state index contributed by atoms with van der Waals surface area (Å²) in [5.74, 6) is 6.16. The molecule has 1 aromatic heterocycles. The molecule has 1 aromatic carbocycles. The van der Waals surface area contributed by atoms with Crippen LogP contribution in [0, 0.1) is 0 Å². The molecule has 1 aliphatic carbocycles. The first-order valence-electron chi connectivity index (χ1n) is 6.39. The van der Waals surface area contributed by atoms with E-state index in [0.717, 1.165) is 34.9 Å². The van der Waals surface area contributed by atoms with Gasteiger partial charge in [-0.15, -0.1) is 11.3 Å². The third kappa shape index (κ3) is 2.39. The second-order valence-electron chi connectivity index (χ2n) is 4.71. The fraction of sp³-hybridized carbons (Fsp3) is 0.286. The normalized spacial score (nSPS) is 14.1. The molecular formula is C14H15N3O2S. The molecule has 20 heavy (non-hydrogen) atoms.